The first-order chi connectivity index (χ1) is 17.4. The minimum Gasteiger partial charge on any atom is -0.206 e. The van der Waals surface area contributed by atoms with E-state index in [0.29, 0.717) is 12.0 Å². The van der Waals surface area contributed by atoms with Gasteiger partial charge in [-0.2, -0.15) is 13.2 Å². The number of benzene rings is 3. The quantitative estimate of drug-likeness (QED) is 0.152. The summed E-state index contributed by atoms with van der Waals surface area (Å²) in [6.45, 7) is 2.19. The zero-order chi connectivity index (χ0) is 27.1. The van der Waals surface area contributed by atoms with Crippen LogP contribution in [0.3, 0.4) is 0 Å². The Hall–Kier alpha value is -2.43. The van der Waals surface area contributed by atoms with Crippen molar-refractivity contribution in [2.24, 2.45) is 5.92 Å². The highest BCUT2D eigenvalue weighted by Crippen LogP contribution is 2.40. The van der Waals surface area contributed by atoms with Crippen molar-refractivity contribution in [1.82, 2.24) is 0 Å². The van der Waals surface area contributed by atoms with Crippen molar-refractivity contribution >= 4 is 34.2 Å². The standard InChI is InChI=1S/C28H21F8I/c1-14-2-4-15(5-3-14)16-6-8-19(21(29)10-16)17-7-9-20(22(30)11-17)27(33)26(32)18-12-23(31)25(24(37)13-18)28(34,35)36/h6-15H,2-5H2,1H3/b27-26+. The Morgan fingerprint density at radius 2 is 1.46 bits per heavy atom. The Bertz CT molecular complexity index is 1330. The van der Waals surface area contributed by atoms with E-state index in [-0.39, 0.29) is 23.1 Å². The molecule has 0 nitrogen and oxygen atoms in total. The lowest BCUT2D eigenvalue weighted by Gasteiger charge is -2.26. The van der Waals surface area contributed by atoms with Gasteiger partial charge < -0.3 is 0 Å². The Labute approximate surface area is 222 Å². The molecule has 0 heterocycles. The molecule has 0 amide bonds. The summed E-state index contributed by atoms with van der Waals surface area (Å²) in [6, 6.07) is 8.52. The molecule has 0 aromatic heterocycles. The second-order valence-electron chi connectivity index (χ2n) is 9.33. The van der Waals surface area contributed by atoms with Crippen LogP contribution in [0.4, 0.5) is 35.1 Å². The molecule has 0 spiro atoms. The summed E-state index contributed by atoms with van der Waals surface area (Å²) in [4.78, 5) is 0. The molecule has 0 bridgehead atoms. The maximum absolute atomic E-state index is 14.9. The number of hydrogen-bond acceptors (Lipinski definition) is 0. The van der Waals surface area contributed by atoms with Gasteiger partial charge in [-0.1, -0.05) is 38.0 Å². The van der Waals surface area contributed by atoms with Gasteiger partial charge in [0, 0.05) is 20.3 Å². The first-order valence-corrected chi connectivity index (χ1v) is 12.7. The lowest BCUT2D eigenvalue weighted by Crippen LogP contribution is -2.11. The average Bonchev–Trinajstić information content (AvgIpc) is 2.82. The molecule has 4 rings (SSSR count). The molecule has 3 aromatic rings. The predicted octanol–water partition coefficient (Wildman–Crippen LogP) is 10.5. The van der Waals surface area contributed by atoms with Crippen LogP contribution >= 0.6 is 22.6 Å². The molecule has 1 fully saturated rings. The largest absolute Gasteiger partial charge is 0.420 e. The second-order valence-corrected chi connectivity index (χ2v) is 10.5. The van der Waals surface area contributed by atoms with Gasteiger partial charge in [0.1, 0.15) is 23.0 Å². The number of hydrogen-bond donors (Lipinski definition) is 0. The molecule has 0 radical (unpaired) electrons. The fraction of sp³-hybridized carbons (Fsp3) is 0.286. The van der Waals surface area contributed by atoms with Crippen LogP contribution in [0, 0.1) is 26.9 Å². The van der Waals surface area contributed by atoms with E-state index in [0.717, 1.165) is 66.0 Å². The van der Waals surface area contributed by atoms with Crippen LogP contribution in [0.2, 0.25) is 0 Å². The molecular weight excluding hydrogens is 615 g/mol. The van der Waals surface area contributed by atoms with Crippen LogP contribution in [0.1, 0.15) is 60.8 Å². The van der Waals surface area contributed by atoms with E-state index in [9.17, 15) is 35.1 Å². The molecule has 3 aromatic carbocycles. The van der Waals surface area contributed by atoms with Gasteiger partial charge in [-0.15, -0.1) is 0 Å². The molecule has 0 saturated heterocycles. The molecule has 0 N–H and O–H groups in total. The van der Waals surface area contributed by atoms with E-state index >= 15 is 0 Å². The maximum Gasteiger partial charge on any atom is 0.420 e. The van der Waals surface area contributed by atoms with Gasteiger partial charge >= 0.3 is 6.18 Å². The normalized spacial score (nSPS) is 19.1. The minimum absolute atomic E-state index is 0.0857. The zero-order valence-corrected chi connectivity index (χ0v) is 21.7. The Kier molecular flexibility index (Phi) is 8.02. The van der Waals surface area contributed by atoms with Crippen molar-refractivity contribution in [2.75, 3.05) is 0 Å². The van der Waals surface area contributed by atoms with E-state index in [4.69, 9.17) is 0 Å². The first kappa shape index (κ1) is 27.6. The van der Waals surface area contributed by atoms with Crippen molar-refractivity contribution in [3.63, 3.8) is 0 Å². The first-order valence-electron chi connectivity index (χ1n) is 11.6. The van der Waals surface area contributed by atoms with Crippen LogP contribution in [0.5, 0.6) is 0 Å². The van der Waals surface area contributed by atoms with E-state index in [1.165, 1.54) is 18.2 Å². The van der Waals surface area contributed by atoms with E-state index < -0.39 is 55.5 Å². The van der Waals surface area contributed by atoms with Gasteiger partial charge in [-0.25, -0.2) is 22.0 Å². The van der Waals surface area contributed by atoms with Crippen LogP contribution < -0.4 is 0 Å². The molecule has 0 unspecified atom stereocenters. The van der Waals surface area contributed by atoms with Crippen molar-refractivity contribution in [3.8, 4) is 11.1 Å². The molecule has 0 atom stereocenters. The topological polar surface area (TPSA) is 0 Å². The maximum atomic E-state index is 14.9. The summed E-state index contributed by atoms with van der Waals surface area (Å²) < 4.78 is 111. The van der Waals surface area contributed by atoms with Gasteiger partial charge in [0.15, 0.2) is 11.7 Å². The highest BCUT2D eigenvalue weighted by atomic mass is 127. The highest BCUT2D eigenvalue weighted by Gasteiger charge is 2.37. The van der Waals surface area contributed by atoms with E-state index in [1.54, 1.807) is 6.07 Å². The minimum atomic E-state index is -5.03. The average molecular weight is 636 g/mol. The van der Waals surface area contributed by atoms with Crippen molar-refractivity contribution in [2.45, 2.75) is 44.7 Å². The summed E-state index contributed by atoms with van der Waals surface area (Å²) in [6.07, 6.45) is -0.976. The molecule has 37 heavy (non-hydrogen) atoms. The van der Waals surface area contributed by atoms with Crippen molar-refractivity contribution < 1.29 is 35.1 Å². The molecule has 9 heteroatoms. The predicted molar refractivity (Wildman–Crippen MR) is 135 cm³/mol. The van der Waals surface area contributed by atoms with Crippen LogP contribution in [0.15, 0.2) is 48.5 Å². The summed E-state index contributed by atoms with van der Waals surface area (Å²) in [5.74, 6) is -6.12. The third kappa shape index (κ3) is 5.86. The van der Waals surface area contributed by atoms with Crippen molar-refractivity contribution in [3.05, 3.63) is 91.8 Å². The number of halogens is 9. The van der Waals surface area contributed by atoms with Gasteiger partial charge in [0.2, 0.25) is 0 Å². The third-order valence-electron chi connectivity index (χ3n) is 6.77. The van der Waals surface area contributed by atoms with Crippen molar-refractivity contribution in [1.29, 1.82) is 0 Å². The van der Waals surface area contributed by atoms with Gasteiger partial charge in [0.25, 0.3) is 0 Å². The van der Waals surface area contributed by atoms with Gasteiger partial charge in [-0.3, -0.25) is 0 Å². The van der Waals surface area contributed by atoms with E-state index in [2.05, 4.69) is 6.92 Å². The molecular formula is C28H21F8I. The fourth-order valence-electron chi connectivity index (χ4n) is 4.69. The Morgan fingerprint density at radius 3 is 2.03 bits per heavy atom. The smallest absolute Gasteiger partial charge is 0.206 e. The third-order valence-corrected chi connectivity index (χ3v) is 7.62. The summed E-state index contributed by atoms with van der Waals surface area (Å²) in [5.41, 5.74) is -2.19. The van der Waals surface area contributed by atoms with Gasteiger partial charge in [0.05, 0.1) is 0 Å². The van der Waals surface area contributed by atoms with Crippen LogP contribution in [-0.2, 0) is 6.18 Å². The summed E-state index contributed by atoms with van der Waals surface area (Å²) >= 11 is 1.16. The van der Waals surface area contributed by atoms with E-state index in [1.807, 2.05) is 0 Å². The number of rotatable bonds is 4. The van der Waals surface area contributed by atoms with Crippen LogP contribution in [0.25, 0.3) is 22.8 Å². The number of alkyl halides is 3. The zero-order valence-electron chi connectivity index (χ0n) is 19.5. The summed E-state index contributed by atoms with van der Waals surface area (Å²) in [7, 11) is 0. The molecule has 1 aliphatic carbocycles. The lowest BCUT2D eigenvalue weighted by molar-refractivity contribution is -0.140. The van der Waals surface area contributed by atoms with Crippen LogP contribution in [-0.4, -0.2) is 0 Å². The van der Waals surface area contributed by atoms with Gasteiger partial charge in [-0.05, 0) is 88.7 Å². The molecule has 196 valence electrons. The fourth-order valence-corrected chi connectivity index (χ4v) is 5.59. The Balaban J connectivity index is 1.63. The summed E-state index contributed by atoms with van der Waals surface area (Å²) in [5, 5.41) is 0. The highest BCUT2D eigenvalue weighted by molar-refractivity contribution is 14.1. The SMILES string of the molecule is CC1CCC(c2ccc(-c3ccc(/C(F)=C(\F)c4cc(F)c(C(F)(F)F)c(I)c4)c(F)c3)c(F)c2)CC1. The lowest BCUT2D eigenvalue weighted by atomic mass is 9.79. The molecule has 1 aliphatic rings. The second kappa shape index (κ2) is 10.7. The molecule has 1 saturated carbocycles. The monoisotopic (exact) mass is 636 g/mol. The Morgan fingerprint density at radius 1 is 0.784 bits per heavy atom. The molecule has 0 aliphatic heterocycles.